The standard InChI is InChI=1S/C24H28ClN3O5S/c1-16(29)28-12-4-5-17-13-20(8-9-22(17)28)34(31,32)27-11-3-6-18(15-27)24(30)26-21-14-19(25)7-10-23(21)33-2/h7-10,13-14,18H,3-6,11-12,15H2,1-2H3,(H,26,30)/t18-/m0/s1. The number of carbonyl (C=O) groups excluding carboxylic acids is 2. The van der Waals surface area contributed by atoms with Gasteiger partial charge in [-0.15, -0.1) is 0 Å². The number of carbonyl (C=O) groups is 2. The highest BCUT2D eigenvalue weighted by Gasteiger charge is 2.34. The summed E-state index contributed by atoms with van der Waals surface area (Å²) in [4.78, 5) is 26.8. The number of hydrogen-bond acceptors (Lipinski definition) is 5. The summed E-state index contributed by atoms with van der Waals surface area (Å²) >= 11 is 6.05. The van der Waals surface area contributed by atoms with Crippen molar-refractivity contribution >= 4 is 44.8 Å². The molecule has 2 aliphatic rings. The van der Waals surface area contributed by atoms with Crippen molar-refractivity contribution in [2.24, 2.45) is 5.92 Å². The SMILES string of the molecule is COc1ccc(Cl)cc1NC(=O)[C@H]1CCCN(S(=O)(=O)c2ccc3c(c2)CCCN3C(C)=O)C1. The minimum atomic E-state index is -3.79. The second kappa shape index (κ2) is 9.93. The van der Waals surface area contributed by atoms with Gasteiger partial charge in [-0.25, -0.2) is 8.42 Å². The van der Waals surface area contributed by atoms with Crippen LogP contribution in [0.1, 0.15) is 31.7 Å². The average molecular weight is 506 g/mol. The van der Waals surface area contributed by atoms with Crippen molar-refractivity contribution < 1.29 is 22.7 Å². The van der Waals surface area contributed by atoms with E-state index in [1.165, 1.54) is 18.3 Å². The van der Waals surface area contributed by atoms with Crippen LogP contribution in [0.3, 0.4) is 0 Å². The van der Waals surface area contributed by atoms with E-state index in [4.69, 9.17) is 16.3 Å². The fourth-order valence-electron chi connectivity index (χ4n) is 4.60. The van der Waals surface area contributed by atoms with Crippen LogP contribution in [0.2, 0.25) is 5.02 Å². The molecule has 4 rings (SSSR count). The summed E-state index contributed by atoms with van der Waals surface area (Å²) < 4.78 is 33.5. The van der Waals surface area contributed by atoms with E-state index in [1.807, 2.05) is 0 Å². The Balaban J connectivity index is 1.52. The van der Waals surface area contributed by atoms with Crippen LogP contribution in [-0.2, 0) is 26.0 Å². The van der Waals surface area contributed by atoms with Gasteiger partial charge in [-0.3, -0.25) is 9.59 Å². The average Bonchev–Trinajstić information content (AvgIpc) is 2.83. The Labute approximate surface area is 204 Å². The van der Waals surface area contributed by atoms with Gasteiger partial charge in [0.15, 0.2) is 0 Å². The first-order valence-corrected chi connectivity index (χ1v) is 13.1. The molecule has 1 atom stereocenters. The number of aryl methyl sites for hydroxylation is 1. The molecule has 10 heteroatoms. The van der Waals surface area contributed by atoms with Gasteiger partial charge in [0.05, 0.1) is 23.6 Å². The van der Waals surface area contributed by atoms with Crippen molar-refractivity contribution in [2.75, 3.05) is 37.0 Å². The molecule has 0 aliphatic carbocycles. The quantitative estimate of drug-likeness (QED) is 0.668. The first kappa shape index (κ1) is 24.5. The van der Waals surface area contributed by atoms with Crippen molar-refractivity contribution in [3.8, 4) is 5.75 Å². The second-order valence-corrected chi connectivity index (χ2v) is 11.0. The van der Waals surface area contributed by atoms with E-state index in [2.05, 4.69) is 5.32 Å². The lowest BCUT2D eigenvalue weighted by atomic mass is 9.98. The van der Waals surface area contributed by atoms with E-state index in [1.54, 1.807) is 41.3 Å². The normalized spacial score (nSPS) is 18.8. The predicted molar refractivity (Wildman–Crippen MR) is 131 cm³/mol. The largest absolute Gasteiger partial charge is 0.495 e. The van der Waals surface area contributed by atoms with Crippen molar-refractivity contribution in [1.82, 2.24) is 4.31 Å². The summed E-state index contributed by atoms with van der Waals surface area (Å²) in [6, 6.07) is 9.86. The zero-order valence-corrected chi connectivity index (χ0v) is 20.8. The minimum Gasteiger partial charge on any atom is -0.495 e. The molecule has 34 heavy (non-hydrogen) atoms. The van der Waals surface area contributed by atoms with E-state index in [9.17, 15) is 18.0 Å². The molecule has 0 bridgehead atoms. The summed E-state index contributed by atoms with van der Waals surface area (Å²) in [6.07, 6.45) is 2.66. The predicted octanol–water partition coefficient (Wildman–Crippen LogP) is 3.69. The highest BCUT2D eigenvalue weighted by molar-refractivity contribution is 7.89. The third-order valence-corrected chi connectivity index (χ3v) is 8.46. The fraction of sp³-hybridized carbons (Fsp3) is 0.417. The molecule has 0 spiro atoms. The zero-order valence-electron chi connectivity index (χ0n) is 19.2. The van der Waals surface area contributed by atoms with Gasteiger partial charge < -0.3 is 15.0 Å². The Morgan fingerprint density at radius 3 is 2.65 bits per heavy atom. The van der Waals surface area contributed by atoms with Gasteiger partial charge in [-0.2, -0.15) is 4.31 Å². The van der Waals surface area contributed by atoms with Gasteiger partial charge in [0, 0.05) is 37.3 Å². The maximum Gasteiger partial charge on any atom is 0.243 e. The summed E-state index contributed by atoms with van der Waals surface area (Å²) in [5, 5.41) is 3.29. The van der Waals surface area contributed by atoms with Crippen molar-refractivity contribution in [2.45, 2.75) is 37.5 Å². The monoisotopic (exact) mass is 505 g/mol. The van der Waals surface area contributed by atoms with Crippen LogP contribution in [0.4, 0.5) is 11.4 Å². The Kier molecular flexibility index (Phi) is 7.16. The van der Waals surface area contributed by atoms with Gasteiger partial charge in [-0.1, -0.05) is 11.6 Å². The molecule has 1 fully saturated rings. The second-order valence-electron chi connectivity index (χ2n) is 8.60. The minimum absolute atomic E-state index is 0.0576. The molecule has 182 valence electrons. The number of methoxy groups -OCH3 is 1. The van der Waals surface area contributed by atoms with E-state index in [0.717, 1.165) is 24.1 Å². The molecule has 2 aliphatic heterocycles. The molecule has 2 aromatic carbocycles. The number of anilines is 2. The maximum atomic E-state index is 13.4. The number of halogens is 1. The third kappa shape index (κ3) is 4.92. The molecule has 0 unspecified atom stereocenters. The molecule has 2 heterocycles. The van der Waals surface area contributed by atoms with Gasteiger partial charge in [0.1, 0.15) is 5.75 Å². The van der Waals surface area contributed by atoms with Crippen LogP contribution >= 0.6 is 11.6 Å². The Bertz CT molecular complexity index is 1220. The van der Waals surface area contributed by atoms with Crippen molar-refractivity contribution in [1.29, 1.82) is 0 Å². The highest BCUT2D eigenvalue weighted by atomic mass is 35.5. The maximum absolute atomic E-state index is 13.4. The first-order chi connectivity index (χ1) is 16.2. The number of nitrogens with zero attached hydrogens (tertiary/aromatic N) is 2. The molecule has 1 saturated heterocycles. The van der Waals surface area contributed by atoms with Crippen LogP contribution < -0.4 is 15.0 Å². The number of sulfonamides is 1. The number of ether oxygens (including phenoxy) is 1. The summed E-state index contributed by atoms with van der Waals surface area (Å²) in [5.74, 6) is -0.356. The zero-order chi connectivity index (χ0) is 24.5. The van der Waals surface area contributed by atoms with E-state index >= 15 is 0 Å². The molecule has 2 amide bonds. The Morgan fingerprint density at radius 2 is 1.91 bits per heavy atom. The smallest absolute Gasteiger partial charge is 0.243 e. The van der Waals surface area contributed by atoms with Gasteiger partial charge in [0.25, 0.3) is 0 Å². The Morgan fingerprint density at radius 1 is 1.12 bits per heavy atom. The van der Waals surface area contributed by atoms with Crippen LogP contribution in [0.5, 0.6) is 5.75 Å². The molecule has 2 aromatic rings. The van der Waals surface area contributed by atoms with Crippen LogP contribution in [0.15, 0.2) is 41.3 Å². The van der Waals surface area contributed by atoms with E-state index in [-0.39, 0.29) is 23.3 Å². The number of piperidine rings is 1. The van der Waals surface area contributed by atoms with Crippen molar-refractivity contribution in [3.05, 3.63) is 47.0 Å². The van der Waals surface area contributed by atoms with Gasteiger partial charge >= 0.3 is 0 Å². The number of nitrogens with one attached hydrogen (secondary N) is 1. The van der Waals surface area contributed by atoms with Crippen molar-refractivity contribution in [3.63, 3.8) is 0 Å². The number of benzene rings is 2. The molecule has 1 N–H and O–H groups in total. The van der Waals surface area contributed by atoms with E-state index in [0.29, 0.717) is 42.4 Å². The summed E-state index contributed by atoms with van der Waals surface area (Å²) in [5.41, 5.74) is 2.07. The van der Waals surface area contributed by atoms with Crippen LogP contribution in [0.25, 0.3) is 0 Å². The van der Waals surface area contributed by atoms with Gasteiger partial charge in [-0.05, 0) is 67.6 Å². The molecule has 0 radical (unpaired) electrons. The molecule has 0 aromatic heterocycles. The molecular weight excluding hydrogens is 478 g/mol. The Hall–Kier alpha value is -2.62. The molecule has 8 nitrogen and oxygen atoms in total. The van der Waals surface area contributed by atoms with Crippen LogP contribution in [0, 0.1) is 5.92 Å². The molecular formula is C24H28ClN3O5S. The lowest BCUT2D eigenvalue weighted by molar-refractivity contribution is -0.121. The first-order valence-electron chi connectivity index (χ1n) is 11.3. The summed E-state index contributed by atoms with van der Waals surface area (Å²) in [6.45, 7) is 2.59. The number of fused-ring (bicyclic) bond motifs is 1. The summed E-state index contributed by atoms with van der Waals surface area (Å²) in [7, 11) is -2.29. The topological polar surface area (TPSA) is 96.0 Å². The third-order valence-electron chi connectivity index (χ3n) is 6.36. The fourth-order valence-corrected chi connectivity index (χ4v) is 6.34. The highest BCUT2D eigenvalue weighted by Crippen LogP contribution is 2.33. The van der Waals surface area contributed by atoms with E-state index < -0.39 is 15.9 Å². The number of amides is 2. The lowest BCUT2D eigenvalue weighted by Crippen LogP contribution is -2.43. The molecule has 0 saturated carbocycles. The number of hydrogen-bond donors (Lipinski definition) is 1. The lowest BCUT2D eigenvalue weighted by Gasteiger charge is -2.32. The van der Waals surface area contributed by atoms with Gasteiger partial charge in [0.2, 0.25) is 21.8 Å². The van der Waals surface area contributed by atoms with Crippen LogP contribution in [-0.4, -0.2) is 51.3 Å². The number of rotatable bonds is 5.